The van der Waals surface area contributed by atoms with Crippen LogP contribution < -0.4 is 5.32 Å². The first-order chi connectivity index (χ1) is 13.5. The number of aliphatic carboxylic acids is 1. The fourth-order valence-corrected chi connectivity index (χ4v) is 3.15. The van der Waals surface area contributed by atoms with E-state index >= 15 is 0 Å². The third kappa shape index (κ3) is 4.73. The minimum atomic E-state index is -0.976. The van der Waals surface area contributed by atoms with Crippen LogP contribution in [0.2, 0.25) is 0 Å². The average molecular weight is 386 g/mol. The van der Waals surface area contributed by atoms with Gasteiger partial charge >= 0.3 is 5.97 Å². The molecule has 0 bridgehead atoms. The summed E-state index contributed by atoms with van der Waals surface area (Å²) >= 11 is 0. The number of pyridine rings is 1. The molecule has 0 spiro atoms. The maximum absolute atomic E-state index is 12.2. The summed E-state index contributed by atoms with van der Waals surface area (Å²) < 4.78 is 5.13. The Hall–Kier alpha value is -3.23. The maximum atomic E-state index is 12.2. The zero-order valence-corrected chi connectivity index (χ0v) is 15.5. The van der Waals surface area contributed by atoms with Crippen molar-refractivity contribution in [2.24, 2.45) is 5.92 Å². The van der Waals surface area contributed by atoms with Crippen LogP contribution in [0.25, 0.3) is 11.5 Å². The number of allylic oxidation sites excluding steroid dienone is 1. The molecule has 1 atom stereocenters. The first-order valence-corrected chi connectivity index (χ1v) is 9.19. The molecule has 9 nitrogen and oxygen atoms in total. The third-order valence-electron chi connectivity index (χ3n) is 4.80. The lowest BCUT2D eigenvalue weighted by molar-refractivity contribution is -0.133. The minimum absolute atomic E-state index is 0.0344. The lowest BCUT2D eigenvalue weighted by atomic mass is 9.85. The highest BCUT2D eigenvalue weighted by Crippen LogP contribution is 2.30. The number of aryl methyl sites for hydroxylation is 1. The van der Waals surface area contributed by atoms with Crippen LogP contribution in [0.1, 0.15) is 44.9 Å². The Kier molecular flexibility index (Phi) is 6.03. The van der Waals surface area contributed by atoms with E-state index < -0.39 is 5.97 Å². The van der Waals surface area contributed by atoms with E-state index in [1.807, 2.05) is 6.92 Å². The van der Waals surface area contributed by atoms with Crippen molar-refractivity contribution in [1.29, 1.82) is 0 Å². The molecule has 1 amide bonds. The molecule has 2 heterocycles. The van der Waals surface area contributed by atoms with E-state index in [1.165, 1.54) is 12.3 Å². The molecule has 1 unspecified atom stereocenters. The molecule has 1 aliphatic carbocycles. The highest BCUT2D eigenvalue weighted by Gasteiger charge is 2.25. The van der Waals surface area contributed by atoms with Crippen molar-refractivity contribution < 1.29 is 24.3 Å². The monoisotopic (exact) mass is 386 g/mol. The van der Waals surface area contributed by atoms with E-state index in [2.05, 4.69) is 20.4 Å². The highest BCUT2D eigenvalue weighted by molar-refractivity contribution is 5.89. The molecule has 2 aromatic rings. The van der Waals surface area contributed by atoms with Gasteiger partial charge in [-0.3, -0.25) is 4.79 Å². The number of aromatic hydroxyl groups is 1. The number of rotatable bonds is 7. The molecule has 9 heteroatoms. The predicted octanol–water partition coefficient (Wildman–Crippen LogP) is 2.43. The number of carbonyl (C=O) groups is 2. The summed E-state index contributed by atoms with van der Waals surface area (Å²) in [7, 11) is 0. The lowest BCUT2D eigenvalue weighted by Crippen LogP contribution is -2.29. The second-order valence-corrected chi connectivity index (χ2v) is 6.74. The standard InChI is InChI=1S/C19H22N4O5/c1-2-11-3-5-14(13(9-11)19(26)27)21-16(25)7-8-17-22-18(23-28-17)15-6-4-12(24)10-20-15/h4,6,10-11,24H,2-3,5,7-9H2,1H3,(H,21,25)(H,26,27). The van der Waals surface area contributed by atoms with Gasteiger partial charge in [-0.25, -0.2) is 9.78 Å². The van der Waals surface area contributed by atoms with Gasteiger partial charge in [-0.05, 0) is 37.3 Å². The van der Waals surface area contributed by atoms with Gasteiger partial charge in [0.15, 0.2) is 0 Å². The fourth-order valence-electron chi connectivity index (χ4n) is 3.15. The minimum Gasteiger partial charge on any atom is -0.506 e. The van der Waals surface area contributed by atoms with E-state index in [1.54, 1.807) is 6.07 Å². The van der Waals surface area contributed by atoms with Crippen molar-refractivity contribution in [3.63, 3.8) is 0 Å². The van der Waals surface area contributed by atoms with Crippen LogP contribution in [0.3, 0.4) is 0 Å². The van der Waals surface area contributed by atoms with Gasteiger partial charge in [0.05, 0.1) is 11.8 Å². The van der Waals surface area contributed by atoms with Gasteiger partial charge in [0.25, 0.3) is 0 Å². The zero-order valence-electron chi connectivity index (χ0n) is 15.5. The quantitative estimate of drug-likeness (QED) is 0.659. The van der Waals surface area contributed by atoms with Gasteiger partial charge in [-0.15, -0.1) is 0 Å². The second kappa shape index (κ2) is 8.64. The molecule has 2 aromatic heterocycles. The van der Waals surface area contributed by atoms with Crippen molar-refractivity contribution in [1.82, 2.24) is 20.4 Å². The van der Waals surface area contributed by atoms with E-state index in [4.69, 9.17) is 4.52 Å². The molecule has 28 heavy (non-hydrogen) atoms. The van der Waals surface area contributed by atoms with E-state index in [0.29, 0.717) is 35.7 Å². The van der Waals surface area contributed by atoms with Crippen molar-refractivity contribution in [2.75, 3.05) is 0 Å². The summed E-state index contributed by atoms with van der Waals surface area (Å²) in [6, 6.07) is 3.02. The summed E-state index contributed by atoms with van der Waals surface area (Å²) in [4.78, 5) is 31.9. The van der Waals surface area contributed by atoms with Crippen LogP contribution in [0.4, 0.5) is 0 Å². The third-order valence-corrected chi connectivity index (χ3v) is 4.80. The average Bonchev–Trinajstić information content (AvgIpc) is 3.16. The first kappa shape index (κ1) is 19.5. The van der Waals surface area contributed by atoms with Crippen LogP contribution in [-0.2, 0) is 16.0 Å². The van der Waals surface area contributed by atoms with Gasteiger partial charge in [0.2, 0.25) is 17.6 Å². The number of carbonyl (C=O) groups excluding carboxylic acids is 1. The largest absolute Gasteiger partial charge is 0.506 e. The van der Waals surface area contributed by atoms with Crippen molar-refractivity contribution >= 4 is 11.9 Å². The predicted molar refractivity (Wildman–Crippen MR) is 98.0 cm³/mol. The van der Waals surface area contributed by atoms with Crippen molar-refractivity contribution in [3.05, 3.63) is 35.5 Å². The fraction of sp³-hybridized carbons (Fsp3) is 0.421. The van der Waals surface area contributed by atoms with E-state index in [9.17, 15) is 19.8 Å². The summed E-state index contributed by atoms with van der Waals surface area (Å²) in [5.74, 6) is -0.335. The van der Waals surface area contributed by atoms with Crippen LogP contribution in [0.5, 0.6) is 5.75 Å². The molecule has 0 saturated heterocycles. The van der Waals surface area contributed by atoms with Gasteiger partial charge < -0.3 is 20.1 Å². The van der Waals surface area contributed by atoms with Crippen molar-refractivity contribution in [2.45, 2.75) is 45.4 Å². The Morgan fingerprint density at radius 3 is 2.86 bits per heavy atom. The van der Waals surface area contributed by atoms with Crippen LogP contribution >= 0.6 is 0 Å². The number of aromatic nitrogens is 3. The normalized spacial score (nSPS) is 16.8. The van der Waals surface area contributed by atoms with Gasteiger partial charge in [-0.1, -0.05) is 18.5 Å². The summed E-state index contributed by atoms with van der Waals surface area (Å²) in [5, 5.41) is 25.2. The van der Waals surface area contributed by atoms with Gasteiger partial charge in [0, 0.05) is 18.5 Å². The van der Waals surface area contributed by atoms with Crippen LogP contribution in [0.15, 0.2) is 34.1 Å². The number of carboxylic acids is 1. The number of carboxylic acid groups (broad SMARTS) is 1. The SMILES string of the molecule is CCC1CCC(NC(=O)CCc2nc(-c3ccc(O)cn3)no2)=C(C(=O)O)C1. The summed E-state index contributed by atoms with van der Waals surface area (Å²) in [6.07, 6.45) is 4.43. The van der Waals surface area contributed by atoms with Crippen LogP contribution in [0, 0.1) is 5.92 Å². The molecule has 3 rings (SSSR count). The Labute approximate surface area is 161 Å². The molecule has 1 aliphatic rings. The number of amides is 1. The van der Waals surface area contributed by atoms with Crippen LogP contribution in [-0.4, -0.2) is 37.2 Å². The highest BCUT2D eigenvalue weighted by atomic mass is 16.5. The van der Waals surface area contributed by atoms with Gasteiger partial charge in [-0.2, -0.15) is 4.98 Å². The Balaban J connectivity index is 1.58. The number of nitrogens with one attached hydrogen (secondary N) is 1. The van der Waals surface area contributed by atoms with Gasteiger partial charge in [0.1, 0.15) is 11.4 Å². The molecule has 0 aromatic carbocycles. The number of hydrogen-bond donors (Lipinski definition) is 3. The second-order valence-electron chi connectivity index (χ2n) is 6.74. The number of nitrogens with zero attached hydrogens (tertiary/aromatic N) is 3. The molecule has 0 aliphatic heterocycles. The molecular formula is C19H22N4O5. The molecule has 3 N–H and O–H groups in total. The molecule has 0 saturated carbocycles. The smallest absolute Gasteiger partial charge is 0.333 e. The molecule has 0 radical (unpaired) electrons. The van der Waals surface area contributed by atoms with Crippen molar-refractivity contribution in [3.8, 4) is 17.3 Å². The molecular weight excluding hydrogens is 364 g/mol. The Bertz CT molecular complexity index is 888. The lowest BCUT2D eigenvalue weighted by Gasteiger charge is -2.24. The topological polar surface area (TPSA) is 138 Å². The molecule has 0 fully saturated rings. The zero-order chi connectivity index (χ0) is 20.1. The summed E-state index contributed by atoms with van der Waals surface area (Å²) in [6.45, 7) is 2.04. The molecule has 148 valence electrons. The maximum Gasteiger partial charge on any atom is 0.333 e. The number of hydrogen-bond acceptors (Lipinski definition) is 7. The first-order valence-electron chi connectivity index (χ1n) is 9.19. The van der Waals surface area contributed by atoms with E-state index in [0.717, 1.165) is 12.8 Å². The summed E-state index contributed by atoms with van der Waals surface area (Å²) in [5.41, 5.74) is 1.24. The van der Waals surface area contributed by atoms with E-state index in [-0.39, 0.29) is 36.2 Å². The Morgan fingerprint density at radius 1 is 1.36 bits per heavy atom. The Morgan fingerprint density at radius 2 is 2.18 bits per heavy atom.